The van der Waals surface area contributed by atoms with Crippen LogP contribution in [0.1, 0.15) is 80.6 Å². The summed E-state index contributed by atoms with van der Waals surface area (Å²) in [4.78, 5) is 69.3. The Morgan fingerprint density at radius 1 is 1.07 bits per heavy atom. The lowest BCUT2D eigenvalue weighted by molar-refractivity contribution is -0.295. The van der Waals surface area contributed by atoms with Crippen molar-refractivity contribution in [1.29, 1.82) is 0 Å². The van der Waals surface area contributed by atoms with E-state index in [9.17, 15) is 24.3 Å². The summed E-state index contributed by atoms with van der Waals surface area (Å²) in [6.07, 6.45) is 5.55. The second-order valence-electron chi connectivity index (χ2n) is 17.2. The molecular weight excluding hydrogens is 759 g/mol. The maximum absolute atomic E-state index is 14.8. The fourth-order valence-corrected chi connectivity index (χ4v) is 9.41. The van der Waals surface area contributed by atoms with Crippen molar-refractivity contribution in [1.82, 2.24) is 24.3 Å². The van der Waals surface area contributed by atoms with Gasteiger partial charge in [0.2, 0.25) is 0 Å². The highest BCUT2D eigenvalue weighted by Gasteiger charge is 2.61. The molecule has 1 unspecified atom stereocenters. The summed E-state index contributed by atoms with van der Waals surface area (Å²) >= 11 is 0. The molecular formula is C44H65N5O10. The lowest BCUT2D eigenvalue weighted by atomic mass is 9.72. The van der Waals surface area contributed by atoms with Gasteiger partial charge in [0.1, 0.15) is 23.9 Å². The number of carbonyl (C=O) groups is 4. The van der Waals surface area contributed by atoms with Crippen LogP contribution in [0.5, 0.6) is 0 Å². The first-order chi connectivity index (χ1) is 27.9. The molecule has 3 fully saturated rings. The summed E-state index contributed by atoms with van der Waals surface area (Å²) in [7, 11) is 5.23. The third-order valence-electron chi connectivity index (χ3n) is 12.8. The van der Waals surface area contributed by atoms with Crippen molar-refractivity contribution < 1.29 is 48.0 Å². The maximum Gasteiger partial charge on any atom is 0.411 e. The lowest BCUT2D eigenvalue weighted by Crippen LogP contribution is -2.60. The van der Waals surface area contributed by atoms with Crippen LogP contribution in [0, 0.1) is 23.7 Å². The summed E-state index contributed by atoms with van der Waals surface area (Å²) in [6, 6.07) is 2.62. The third-order valence-corrected chi connectivity index (χ3v) is 12.8. The highest BCUT2D eigenvalue weighted by atomic mass is 16.7. The van der Waals surface area contributed by atoms with Gasteiger partial charge in [-0.1, -0.05) is 34.3 Å². The van der Waals surface area contributed by atoms with Gasteiger partial charge in [0.25, 0.3) is 0 Å². The number of carbonyl (C=O) groups excluding carboxylic acids is 4. The van der Waals surface area contributed by atoms with Crippen molar-refractivity contribution in [3.8, 4) is 11.3 Å². The van der Waals surface area contributed by atoms with Crippen LogP contribution in [0.3, 0.4) is 0 Å². The smallest absolute Gasteiger partial charge is 0.411 e. The molecule has 3 aliphatic rings. The van der Waals surface area contributed by atoms with Crippen LogP contribution >= 0.6 is 0 Å². The summed E-state index contributed by atoms with van der Waals surface area (Å²) in [5, 5.41) is 11.5. The number of methoxy groups -OCH3 is 1. The number of rotatable bonds is 12. The molecule has 15 heteroatoms. The highest BCUT2D eigenvalue weighted by molar-refractivity contribution is 6.00. The molecule has 0 saturated carbocycles. The van der Waals surface area contributed by atoms with E-state index in [2.05, 4.69) is 16.5 Å². The van der Waals surface area contributed by atoms with Crippen LogP contribution in [0.25, 0.3) is 11.3 Å². The van der Waals surface area contributed by atoms with E-state index in [-0.39, 0.29) is 37.3 Å². The molecule has 59 heavy (non-hydrogen) atoms. The lowest BCUT2D eigenvalue weighted by Gasteiger charge is -2.47. The predicted octanol–water partition coefficient (Wildman–Crippen LogP) is 5.10. The van der Waals surface area contributed by atoms with Crippen molar-refractivity contribution >= 4 is 23.6 Å². The van der Waals surface area contributed by atoms with Gasteiger partial charge < -0.3 is 38.3 Å². The topological polar surface area (TPSA) is 172 Å². The minimum atomic E-state index is -1.60. The van der Waals surface area contributed by atoms with E-state index in [1.54, 1.807) is 58.2 Å². The maximum atomic E-state index is 14.8. The monoisotopic (exact) mass is 823 g/mol. The molecule has 1 N–H and O–H groups in total. The Balaban J connectivity index is 1.46. The zero-order valence-corrected chi connectivity index (χ0v) is 36.4. The number of ketones is 2. The number of nitrogens with zero attached hydrogens (tertiary/aromatic N) is 5. The second-order valence-corrected chi connectivity index (χ2v) is 17.2. The number of hydrogen-bond donors (Lipinski definition) is 1. The molecule has 0 aromatic carbocycles. The van der Waals surface area contributed by atoms with E-state index in [0.29, 0.717) is 25.8 Å². The zero-order chi connectivity index (χ0) is 43.4. The highest BCUT2D eigenvalue weighted by Crippen LogP contribution is 2.44. The average molecular weight is 824 g/mol. The number of likely N-dealkylation sites (N-methyl/N-ethyl adjacent to an activating group) is 1. The van der Waals surface area contributed by atoms with Gasteiger partial charge in [-0.3, -0.25) is 24.3 Å². The number of ether oxygens (including phenoxy) is 5. The third kappa shape index (κ3) is 9.49. The Kier molecular flexibility index (Phi) is 14.9. The Hall–Kier alpha value is -4.02. The number of Topliss-reactive ketones (excluding diaryl/α,β-unsaturated/α-hetero) is 2. The molecule has 13 atom stereocenters. The molecule has 3 saturated heterocycles. The van der Waals surface area contributed by atoms with Crippen LogP contribution < -0.4 is 0 Å². The van der Waals surface area contributed by atoms with Crippen molar-refractivity contribution in [2.45, 2.75) is 141 Å². The molecule has 0 aliphatic carbocycles. The largest absolute Gasteiger partial charge is 0.457 e. The van der Waals surface area contributed by atoms with Crippen LogP contribution in [-0.4, -0.2) is 135 Å². The molecule has 5 rings (SSSR count). The van der Waals surface area contributed by atoms with Crippen LogP contribution in [0.2, 0.25) is 0 Å². The fraction of sp³-hybridized carbons (Fsp3) is 0.682. The number of aryl methyl sites for hydroxylation is 1. The van der Waals surface area contributed by atoms with Gasteiger partial charge >= 0.3 is 12.1 Å². The second kappa shape index (κ2) is 19.1. The summed E-state index contributed by atoms with van der Waals surface area (Å²) in [5.41, 5.74) is -1.17. The molecule has 2 aromatic rings. The molecule has 2 aromatic heterocycles. The number of esters is 1. The Labute approximate surface area is 348 Å². The predicted molar refractivity (Wildman–Crippen MR) is 219 cm³/mol. The van der Waals surface area contributed by atoms with E-state index in [0.717, 1.165) is 11.3 Å². The van der Waals surface area contributed by atoms with E-state index < -0.39 is 83.4 Å². The first kappa shape index (κ1) is 46.1. The quantitative estimate of drug-likeness (QED) is 0.130. The van der Waals surface area contributed by atoms with Gasteiger partial charge in [0, 0.05) is 68.1 Å². The van der Waals surface area contributed by atoms with Crippen molar-refractivity contribution in [2.75, 3.05) is 27.7 Å². The van der Waals surface area contributed by atoms with Crippen molar-refractivity contribution in [3.63, 3.8) is 0 Å². The minimum Gasteiger partial charge on any atom is -0.457 e. The minimum absolute atomic E-state index is 0.106. The van der Waals surface area contributed by atoms with Gasteiger partial charge in [0.05, 0.1) is 35.9 Å². The Bertz CT molecular complexity index is 1790. The van der Waals surface area contributed by atoms with Crippen LogP contribution in [0.15, 0.2) is 49.7 Å². The molecule has 0 bridgehead atoms. The number of pyridine rings is 1. The van der Waals surface area contributed by atoms with E-state index >= 15 is 0 Å². The number of amides is 1. The van der Waals surface area contributed by atoms with E-state index in [1.165, 1.54) is 20.1 Å². The Morgan fingerprint density at radius 3 is 2.41 bits per heavy atom. The first-order valence-electron chi connectivity index (χ1n) is 21.0. The molecule has 1 amide bonds. The van der Waals surface area contributed by atoms with Crippen molar-refractivity contribution in [3.05, 3.63) is 49.7 Å². The average Bonchev–Trinajstić information content (AvgIpc) is 3.82. The first-order valence-corrected chi connectivity index (χ1v) is 21.0. The van der Waals surface area contributed by atoms with Gasteiger partial charge in [-0.2, -0.15) is 0 Å². The van der Waals surface area contributed by atoms with E-state index in [4.69, 9.17) is 23.7 Å². The molecule has 5 heterocycles. The van der Waals surface area contributed by atoms with Gasteiger partial charge in [-0.05, 0) is 85.2 Å². The van der Waals surface area contributed by atoms with Crippen LogP contribution in [0.4, 0.5) is 4.79 Å². The molecule has 326 valence electrons. The zero-order valence-electron chi connectivity index (χ0n) is 36.4. The number of unbranched alkanes of at least 4 members (excludes halogenated alkanes) is 1. The van der Waals surface area contributed by atoms with E-state index in [1.807, 2.05) is 48.8 Å². The van der Waals surface area contributed by atoms with Crippen molar-refractivity contribution in [2.24, 2.45) is 23.7 Å². The summed E-state index contributed by atoms with van der Waals surface area (Å²) < 4.78 is 33.3. The van der Waals surface area contributed by atoms with Gasteiger partial charge in [-0.15, -0.1) is 0 Å². The molecule has 0 spiro atoms. The molecule has 3 aliphatic heterocycles. The molecule has 0 radical (unpaired) electrons. The standard InChI is InChI=1S/C44H65N5O10/c1-12-34-44(13-2)38(49(42(54)59-44)20-15-14-19-48-24-32(46-25-48)31-17-16-18-45-23-31)28(5)35(50)26(3)22-43(8,55-11)39(29(6)36(51)30(7)40(53)57-34)58-41-37(52)33(47(9)10)21-27(4)56-41/h13,16-18,23-30,33-34,37-39,41,52H,2,12,14-15,19-22H2,1,3-11H3/t26-,27-,28+,29+,30-,33+,34-,37-,38-,39-,41?,43+,44-/m1/s1. The number of cyclic esters (lactones) is 1. The number of aliphatic hydroxyl groups excluding tert-OH is 1. The number of fused-ring (bicyclic) bond motifs is 1. The van der Waals surface area contributed by atoms with Gasteiger partial charge in [-0.25, -0.2) is 9.78 Å². The van der Waals surface area contributed by atoms with Gasteiger partial charge in [0.15, 0.2) is 17.7 Å². The SMILES string of the molecule is C=C[C@]12OC(=O)N(CCCCn3cnc(-c4cccnc4)c3)[C@@H]1[C@@H](C)C(=O)[C@H](C)C[C@](C)(OC)[C@H](OC1O[C@H](C)C[C@H](N(C)C)[C@H]1O)[C@@H](C)C(=O)[C@@H](C)C(=O)O[C@@H]2CC. The Morgan fingerprint density at radius 2 is 1.78 bits per heavy atom. The fourth-order valence-electron chi connectivity index (χ4n) is 9.41. The number of imidazole rings is 1. The normalized spacial score (nSPS) is 36.2. The number of aliphatic hydroxyl groups is 1. The summed E-state index contributed by atoms with van der Waals surface area (Å²) in [6.45, 7) is 17.1. The number of hydrogen-bond acceptors (Lipinski definition) is 13. The summed E-state index contributed by atoms with van der Waals surface area (Å²) in [5.74, 6) is -5.20. The molecule has 15 nitrogen and oxygen atoms in total. The van der Waals surface area contributed by atoms with Crippen LogP contribution in [-0.2, 0) is 44.6 Å². The number of aromatic nitrogens is 3.